The summed E-state index contributed by atoms with van der Waals surface area (Å²) in [6, 6.07) is 4.06. The molecule has 1 aromatic rings. The van der Waals surface area contributed by atoms with E-state index >= 15 is 0 Å². The minimum atomic E-state index is -0.193. The molecule has 3 nitrogen and oxygen atoms in total. The van der Waals surface area contributed by atoms with E-state index in [0.29, 0.717) is 0 Å². The van der Waals surface area contributed by atoms with Crippen LogP contribution in [-0.4, -0.2) is 14.2 Å². The van der Waals surface area contributed by atoms with Gasteiger partial charge in [0.15, 0.2) is 11.5 Å². The molecule has 0 atom stereocenters. The van der Waals surface area contributed by atoms with Gasteiger partial charge in [-0.2, -0.15) is 0 Å². The minimum absolute atomic E-state index is 0.193. The standard InChI is InChI=1S/C15H23NO2/c1-11-12(15(16)9-5-4-6-10-15)7-8-13(17-2)14(11)18-3/h7-8H,4-6,9-10,16H2,1-3H3. The lowest BCUT2D eigenvalue weighted by Gasteiger charge is -2.35. The van der Waals surface area contributed by atoms with Crippen LogP contribution in [-0.2, 0) is 5.54 Å². The van der Waals surface area contributed by atoms with Crippen LogP contribution in [0.15, 0.2) is 12.1 Å². The van der Waals surface area contributed by atoms with Crippen LogP contribution < -0.4 is 15.2 Å². The molecule has 0 saturated heterocycles. The first-order valence-corrected chi connectivity index (χ1v) is 6.63. The molecule has 1 fully saturated rings. The lowest BCUT2D eigenvalue weighted by atomic mass is 9.76. The third kappa shape index (κ3) is 2.19. The van der Waals surface area contributed by atoms with Crippen molar-refractivity contribution in [2.24, 2.45) is 5.73 Å². The molecule has 100 valence electrons. The molecule has 3 heteroatoms. The van der Waals surface area contributed by atoms with Crippen molar-refractivity contribution in [3.8, 4) is 11.5 Å². The predicted octanol–water partition coefficient (Wildman–Crippen LogP) is 3.13. The van der Waals surface area contributed by atoms with E-state index in [1.54, 1.807) is 14.2 Å². The molecule has 0 aliphatic heterocycles. The first-order valence-electron chi connectivity index (χ1n) is 6.63. The van der Waals surface area contributed by atoms with Crippen LogP contribution in [0, 0.1) is 6.92 Å². The molecule has 2 rings (SSSR count). The maximum atomic E-state index is 6.60. The Bertz CT molecular complexity index is 423. The third-order valence-electron chi connectivity index (χ3n) is 4.08. The SMILES string of the molecule is COc1ccc(C2(N)CCCCC2)c(C)c1OC. The largest absolute Gasteiger partial charge is 0.493 e. The van der Waals surface area contributed by atoms with Gasteiger partial charge in [0.2, 0.25) is 0 Å². The Morgan fingerprint density at radius 2 is 1.72 bits per heavy atom. The Morgan fingerprint density at radius 1 is 1.06 bits per heavy atom. The normalized spacial score (nSPS) is 18.4. The van der Waals surface area contributed by atoms with Gasteiger partial charge in [-0.1, -0.05) is 25.3 Å². The van der Waals surface area contributed by atoms with E-state index in [2.05, 4.69) is 13.0 Å². The number of ether oxygens (including phenoxy) is 2. The topological polar surface area (TPSA) is 44.5 Å². The highest BCUT2D eigenvalue weighted by Crippen LogP contribution is 2.41. The highest BCUT2D eigenvalue weighted by atomic mass is 16.5. The van der Waals surface area contributed by atoms with Crippen molar-refractivity contribution in [3.63, 3.8) is 0 Å². The third-order valence-corrected chi connectivity index (χ3v) is 4.08. The lowest BCUT2D eigenvalue weighted by Crippen LogP contribution is -2.39. The average Bonchev–Trinajstić information content (AvgIpc) is 2.38. The van der Waals surface area contributed by atoms with Crippen LogP contribution in [0.1, 0.15) is 43.2 Å². The second-order valence-corrected chi connectivity index (χ2v) is 5.19. The van der Waals surface area contributed by atoms with Crippen molar-refractivity contribution in [1.82, 2.24) is 0 Å². The zero-order valence-corrected chi connectivity index (χ0v) is 11.6. The Hall–Kier alpha value is -1.22. The molecular weight excluding hydrogens is 226 g/mol. The summed E-state index contributed by atoms with van der Waals surface area (Å²) in [5.74, 6) is 1.59. The summed E-state index contributed by atoms with van der Waals surface area (Å²) in [5.41, 5.74) is 8.73. The number of hydrogen-bond donors (Lipinski definition) is 1. The van der Waals surface area contributed by atoms with Crippen molar-refractivity contribution >= 4 is 0 Å². The van der Waals surface area contributed by atoms with Crippen molar-refractivity contribution in [2.75, 3.05) is 14.2 Å². The molecular formula is C15H23NO2. The smallest absolute Gasteiger partial charge is 0.163 e. The Balaban J connectivity index is 2.45. The van der Waals surface area contributed by atoms with Gasteiger partial charge in [0.25, 0.3) is 0 Å². The average molecular weight is 249 g/mol. The van der Waals surface area contributed by atoms with Crippen molar-refractivity contribution in [3.05, 3.63) is 23.3 Å². The van der Waals surface area contributed by atoms with Gasteiger partial charge in [-0.15, -0.1) is 0 Å². The zero-order valence-electron chi connectivity index (χ0n) is 11.6. The summed E-state index contributed by atoms with van der Waals surface area (Å²) >= 11 is 0. The molecule has 0 radical (unpaired) electrons. The molecule has 18 heavy (non-hydrogen) atoms. The predicted molar refractivity (Wildman–Crippen MR) is 73.2 cm³/mol. The van der Waals surface area contributed by atoms with E-state index in [-0.39, 0.29) is 5.54 Å². The lowest BCUT2D eigenvalue weighted by molar-refractivity contribution is 0.297. The summed E-state index contributed by atoms with van der Waals surface area (Å²) in [4.78, 5) is 0. The van der Waals surface area contributed by atoms with Gasteiger partial charge < -0.3 is 15.2 Å². The molecule has 0 bridgehead atoms. The quantitative estimate of drug-likeness (QED) is 0.895. The maximum absolute atomic E-state index is 6.60. The van der Waals surface area contributed by atoms with Gasteiger partial charge >= 0.3 is 0 Å². The Kier molecular flexibility index (Phi) is 3.81. The zero-order chi connectivity index (χ0) is 13.2. The first kappa shape index (κ1) is 13.2. The van der Waals surface area contributed by atoms with Gasteiger partial charge in [0, 0.05) is 5.54 Å². The molecule has 0 spiro atoms. The summed E-state index contributed by atoms with van der Waals surface area (Å²) in [6.45, 7) is 2.07. The highest BCUT2D eigenvalue weighted by Gasteiger charge is 2.32. The molecule has 1 saturated carbocycles. The van der Waals surface area contributed by atoms with Crippen molar-refractivity contribution in [2.45, 2.75) is 44.6 Å². The molecule has 1 aliphatic carbocycles. The fourth-order valence-corrected chi connectivity index (χ4v) is 3.07. The fraction of sp³-hybridized carbons (Fsp3) is 0.600. The van der Waals surface area contributed by atoms with Crippen LogP contribution in [0.2, 0.25) is 0 Å². The van der Waals surface area contributed by atoms with Crippen LogP contribution in [0.3, 0.4) is 0 Å². The summed E-state index contributed by atoms with van der Waals surface area (Å²) in [7, 11) is 3.34. The number of benzene rings is 1. The fourth-order valence-electron chi connectivity index (χ4n) is 3.07. The summed E-state index contributed by atoms with van der Waals surface area (Å²) in [5, 5.41) is 0. The van der Waals surface area contributed by atoms with E-state index in [9.17, 15) is 0 Å². The van der Waals surface area contributed by atoms with Crippen molar-refractivity contribution in [1.29, 1.82) is 0 Å². The van der Waals surface area contributed by atoms with Gasteiger partial charge in [0.1, 0.15) is 0 Å². The van der Waals surface area contributed by atoms with Crippen LogP contribution in [0.4, 0.5) is 0 Å². The highest BCUT2D eigenvalue weighted by molar-refractivity contribution is 5.52. The molecule has 1 aromatic carbocycles. The van der Waals surface area contributed by atoms with E-state index in [0.717, 1.165) is 29.9 Å². The number of nitrogens with two attached hydrogens (primary N) is 1. The van der Waals surface area contributed by atoms with Gasteiger partial charge in [-0.05, 0) is 37.0 Å². The van der Waals surface area contributed by atoms with Crippen LogP contribution >= 0.6 is 0 Å². The molecule has 0 unspecified atom stereocenters. The van der Waals surface area contributed by atoms with Crippen LogP contribution in [0.25, 0.3) is 0 Å². The molecule has 2 N–H and O–H groups in total. The second-order valence-electron chi connectivity index (χ2n) is 5.19. The van der Waals surface area contributed by atoms with Crippen LogP contribution in [0.5, 0.6) is 11.5 Å². The molecule has 0 amide bonds. The number of rotatable bonds is 3. The monoisotopic (exact) mass is 249 g/mol. The summed E-state index contributed by atoms with van der Waals surface area (Å²) in [6.07, 6.45) is 5.84. The van der Waals surface area contributed by atoms with E-state index in [1.165, 1.54) is 24.8 Å². The Labute approximate surface area is 109 Å². The Morgan fingerprint density at radius 3 is 2.28 bits per heavy atom. The van der Waals surface area contributed by atoms with E-state index in [4.69, 9.17) is 15.2 Å². The van der Waals surface area contributed by atoms with E-state index in [1.807, 2.05) is 6.07 Å². The van der Waals surface area contributed by atoms with Gasteiger partial charge in [-0.25, -0.2) is 0 Å². The molecule has 0 heterocycles. The minimum Gasteiger partial charge on any atom is -0.493 e. The second kappa shape index (κ2) is 5.19. The van der Waals surface area contributed by atoms with Gasteiger partial charge in [-0.3, -0.25) is 0 Å². The summed E-state index contributed by atoms with van der Waals surface area (Å²) < 4.78 is 10.8. The molecule has 0 aromatic heterocycles. The van der Waals surface area contributed by atoms with E-state index < -0.39 is 0 Å². The molecule has 1 aliphatic rings. The number of methoxy groups -OCH3 is 2. The van der Waals surface area contributed by atoms with Gasteiger partial charge in [0.05, 0.1) is 14.2 Å². The van der Waals surface area contributed by atoms with Crippen molar-refractivity contribution < 1.29 is 9.47 Å². The first-order chi connectivity index (χ1) is 8.62. The maximum Gasteiger partial charge on any atom is 0.163 e. The number of hydrogen-bond acceptors (Lipinski definition) is 3.